The number of ether oxygens (including phenoxy) is 2. The second kappa shape index (κ2) is 8.76. The second-order valence-corrected chi connectivity index (χ2v) is 7.57. The molecule has 1 aliphatic rings. The molecule has 1 heterocycles. The fraction of sp³-hybridized carbons (Fsp3) is 0.381. The number of rotatable bonds is 6. The Balaban J connectivity index is 2.13. The molecule has 27 heavy (non-hydrogen) atoms. The van der Waals surface area contributed by atoms with Crippen LogP contribution in [0.25, 0.3) is 0 Å². The van der Waals surface area contributed by atoms with E-state index in [0.29, 0.717) is 17.9 Å². The largest absolute Gasteiger partial charge is 0.497 e. The Morgan fingerprint density at radius 2 is 1.89 bits per heavy atom. The van der Waals surface area contributed by atoms with E-state index in [9.17, 15) is 9.90 Å². The summed E-state index contributed by atoms with van der Waals surface area (Å²) in [4.78, 5) is 14.0. The molecule has 2 atom stereocenters. The summed E-state index contributed by atoms with van der Waals surface area (Å²) in [5.41, 5.74) is 1.98. The quantitative estimate of drug-likeness (QED) is 0.726. The van der Waals surface area contributed by atoms with Gasteiger partial charge in [-0.3, -0.25) is 9.69 Å². The lowest BCUT2D eigenvalue weighted by molar-refractivity contribution is -0.145. The molecule has 0 bridgehead atoms. The van der Waals surface area contributed by atoms with E-state index in [2.05, 4.69) is 20.8 Å². The molecule has 1 fully saturated rings. The minimum Gasteiger partial charge on any atom is -0.497 e. The first-order chi connectivity index (χ1) is 13.0. The molecule has 2 unspecified atom stereocenters. The maximum atomic E-state index is 11.9. The normalized spacial score (nSPS) is 18.7. The third-order valence-corrected chi connectivity index (χ3v) is 5.61. The maximum Gasteiger partial charge on any atom is 0.320 e. The average molecular weight is 434 g/mol. The summed E-state index contributed by atoms with van der Waals surface area (Å²) in [5, 5.41) is 9.80. The lowest BCUT2D eigenvalue weighted by Gasteiger charge is -2.40. The highest BCUT2D eigenvalue weighted by Gasteiger charge is 2.36. The summed E-state index contributed by atoms with van der Waals surface area (Å²) in [5.74, 6) is 0.625. The summed E-state index contributed by atoms with van der Waals surface area (Å²) in [6.45, 7) is 0.729. The maximum absolute atomic E-state index is 11.9. The number of methoxy groups -OCH3 is 2. The number of carboxylic acids is 1. The van der Waals surface area contributed by atoms with E-state index in [1.807, 2.05) is 42.5 Å². The van der Waals surface area contributed by atoms with Crippen LogP contribution in [0.1, 0.15) is 36.4 Å². The van der Waals surface area contributed by atoms with Crippen molar-refractivity contribution in [3.05, 3.63) is 58.1 Å². The van der Waals surface area contributed by atoms with Crippen molar-refractivity contribution in [2.45, 2.75) is 31.3 Å². The molecular weight excluding hydrogens is 410 g/mol. The van der Waals surface area contributed by atoms with Crippen LogP contribution in [0.5, 0.6) is 11.5 Å². The Kier molecular flexibility index (Phi) is 6.39. The van der Waals surface area contributed by atoms with Gasteiger partial charge in [-0.15, -0.1) is 0 Å². The van der Waals surface area contributed by atoms with Crippen LogP contribution in [0.3, 0.4) is 0 Å². The second-order valence-electron chi connectivity index (χ2n) is 6.65. The van der Waals surface area contributed by atoms with Gasteiger partial charge in [0.25, 0.3) is 0 Å². The van der Waals surface area contributed by atoms with Crippen molar-refractivity contribution in [2.24, 2.45) is 0 Å². The topological polar surface area (TPSA) is 59.0 Å². The fourth-order valence-corrected chi connectivity index (χ4v) is 4.03. The predicted molar refractivity (Wildman–Crippen MR) is 108 cm³/mol. The first-order valence-electron chi connectivity index (χ1n) is 9.01. The molecule has 0 aromatic heterocycles. The van der Waals surface area contributed by atoms with Crippen LogP contribution in [0.2, 0.25) is 0 Å². The molecule has 6 heteroatoms. The van der Waals surface area contributed by atoms with E-state index in [-0.39, 0.29) is 6.04 Å². The van der Waals surface area contributed by atoms with E-state index in [4.69, 9.17) is 9.47 Å². The number of carboxylic acid groups (broad SMARTS) is 1. The van der Waals surface area contributed by atoms with Crippen molar-refractivity contribution >= 4 is 21.9 Å². The highest BCUT2D eigenvalue weighted by atomic mass is 79.9. The molecule has 144 valence electrons. The van der Waals surface area contributed by atoms with Gasteiger partial charge >= 0.3 is 5.97 Å². The van der Waals surface area contributed by atoms with Gasteiger partial charge in [-0.05, 0) is 49.2 Å². The Hall–Kier alpha value is -2.05. The molecule has 1 saturated heterocycles. The fourth-order valence-electron chi connectivity index (χ4n) is 3.77. The number of piperidine rings is 1. The predicted octanol–water partition coefficient (Wildman–Crippen LogP) is 4.49. The lowest BCUT2D eigenvalue weighted by atomic mass is 9.91. The van der Waals surface area contributed by atoms with Crippen LogP contribution in [0.15, 0.2) is 46.9 Å². The Labute approximate surface area is 168 Å². The van der Waals surface area contributed by atoms with Gasteiger partial charge in [0.2, 0.25) is 0 Å². The van der Waals surface area contributed by atoms with Gasteiger partial charge in [0.1, 0.15) is 17.5 Å². The Morgan fingerprint density at radius 3 is 2.52 bits per heavy atom. The molecule has 0 radical (unpaired) electrons. The molecular formula is C21H24BrNO4. The van der Waals surface area contributed by atoms with Crippen molar-refractivity contribution in [1.29, 1.82) is 0 Å². The van der Waals surface area contributed by atoms with Gasteiger partial charge in [0.15, 0.2) is 0 Å². The zero-order valence-electron chi connectivity index (χ0n) is 15.5. The number of carbonyl (C=O) groups is 1. The minimum absolute atomic E-state index is 0.208. The van der Waals surface area contributed by atoms with Gasteiger partial charge in [0, 0.05) is 16.1 Å². The molecule has 1 N–H and O–H groups in total. The van der Waals surface area contributed by atoms with Crippen LogP contribution in [-0.4, -0.2) is 42.8 Å². The molecule has 1 aliphatic heterocycles. The molecule has 3 rings (SSSR count). The number of hydrogen-bond donors (Lipinski definition) is 1. The van der Waals surface area contributed by atoms with Crippen LogP contribution >= 0.6 is 15.9 Å². The van der Waals surface area contributed by atoms with Crippen LogP contribution in [0.4, 0.5) is 0 Å². The van der Waals surface area contributed by atoms with Gasteiger partial charge in [-0.1, -0.05) is 34.5 Å². The summed E-state index contributed by atoms with van der Waals surface area (Å²) >= 11 is 3.48. The van der Waals surface area contributed by atoms with E-state index in [0.717, 1.165) is 35.0 Å². The third-order valence-electron chi connectivity index (χ3n) is 5.08. The first-order valence-corrected chi connectivity index (χ1v) is 9.80. The number of halogens is 1. The van der Waals surface area contributed by atoms with Crippen LogP contribution < -0.4 is 9.47 Å². The SMILES string of the molecule is COc1ccc(C(c2ccc(Br)cc2)N2CCCCC2C(=O)O)c(OC)c1. The zero-order valence-corrected chi connectivity index (χ0v) is 17.1. The van der Waals surface area contributed by atoms with Crippen molar-refractivity contribution in [2.75, 3.05) is 20.8 Å². The highest BCUT2D eigenvalue weighted by molar-refractivity contribution is 9.10. The van der Waals surface area contributed by atoms with Crippen LogP contribution in [0, 0.1) is 0 Å². The van der Waals surface area contributed by atoms with Gasteiger partial charge in [0.05, 0.1) is 20.3 Å². The lowest BCUT2D eigenvalue weighted by Crippen LogP contribution is -2.46. The van der Waals surface area contributed by atoms with Crippen molar-refractivity contribution in [3.8, 4) is 11.5 Å². The first kappa shape index (κ1) is 19.7. The molecule has 5 nitrogen and oxygen atoms in total. The number of nitrogens with zero attached hydrogens (tertiary/aromatic N) is 1. The monoisotopic (exact) mass is 433 g/mol. The van der Waals surface area contributed by atoms with E-state index >= 15 is 0 Å². The summed E-state index contributed by atoms with van der Waals surface area (Å²) < 4.78 is 11.9. The van der Waals surface area contributed by atoms with Crippen LogP contribution in [-0.2, 0) is 4.79 Å². The summed E-state index contributed by atoms with van der Waals surface area (Å²) in [6, 6.07) is 13.0. The molecule has 2 aromatic rings. The summed E-state index contributed by atoms with van der Waals surface area (Å²) in [7, 11) is 3.24. The smallest absolute Gasteiger partial charge is 0.320 e. The molecule has 0 aliphatic carbocycles. The molecule has 0 saturated carbocycles. The third kappa shape index (κ3) is 4.28. The molecule has 0 amide bonds. The van der Waals surface area contributed by atoms with Gasteiger partial charge in [-0.2, -0.15) is 0 Å². The van der Waals surface area contributed by atoms with Gasteiger partial charge in [-0.25, -0.2) is 0 Å². The van der Waals surface area contributed by atoms with E-state index < -0.39 is 12.0 Å². The number of benzene rings is 2. The average Bonchev–Trinajstić information content (AvgIpc) is 2.70. The van der Waals surface area contributed by atoms with E-state index in [1.54, 1.807) is 14.2 Å². The Bertz CT molecular complexity index is 793. The Morgan fingerprint density at radius 1 is 1.15 bits per heavy atom. The van der Waals surface area contributed by atoms with Crippen molar-refractivity contribution in [3.63, 3.8) is 0 Å². The summed E-state index contributed by atoms with van der Waals surface area (Å²) in [6.07, 6.45) is 2.57. The minimum atomic E-state index is -0.774. The molecule has 0 spiro atoms. The number of likely N-dealkylation sites (tertiary alicyclic amines) is 1. The number of aliphatic carboxylic acids is 1. The standard InChI is InChI=1S/C21H24BrNO4/c1-26-16-10-11-17(19(13-16)27-2)20(14-6-8-15(22)9-7-14)23-12-4-3-5-18(23)21(24)25/h6-11,13,18,20H,3-5,12H2,1-2H3,(H,24,25). The zero-order chi connectivity index (χ0) is 19.4. The van der Waals surface area contributed by atoms with Gasteiger partial charge < -0.3 is 14.6 Å². The number of hydrogen-bond acceptors (Lipinski definition) is 4. The van der Waals surface area contributed by atoms with E-state index in [1.165, 1.54) is 0 Å². The van der Waals surface area contributed by atoms with Crippen molar-refractivity contribution in [1.82, 2.24) is 4.90 Å². The van der Waals surface area contributed by atoms with Crippen molar-refractivity contribution < 1.29 is 19.4 Å². The molecule has 2 aromatic carbocycles. The highest BCUT2D eigenvalue weighted by Crippen LogP contribution is 2.40.